The van der Waals surface area contributed by atoms with Crippen LogP contribution in [0.2, 0.25) is 0 Å². The Morgan fingerprint density at radius 2 is 1.89 bits per heavy atom. The van der Waals surface area contributed by atoms with Crippen molar-refractivity contribution in [3.63, 3.8) is 0 Å². The van der Waals surface area contributed by atoms with Gasteiger partial charge in [-0.3, -0.25) is 14.3 Å². The number of amides is 2. The Hall–Kier alpha value is -4.64. The number of hydrogen-bond acceptors (Lipinski definition) is 7. The number of hydrogen-bond donors (Lipinski definition) is 4. The summed E-state index contributed by atoms with van der Waals surface area (Å²) >= 11 is 0. The molecule has 3 aromatic carbocycles. The highest BCUT2D eigenvalue weighted by atomic mass is 16.3. The number of aliphatic hydroxyl groups excluding tert-OH is 1. The fourth-order valence-corrected chi connectivity index (χ4v) is 6.55. The summed E-state index contributed by atoms with van der Waals surface area (Å²) in [6.07, 6.45) is 8.02. The van der Waals surface area contributed by atoms with Gasteiger partial charge in [-0.25, -0.2) is 0 Å². The third-order valence-corrected chi connectivity index (χ3v) is 9.29. The number of benzene rings is 3. The molecule has 2 aliphatic heterocycles. The van der Waals surface area contributed by atoms with Gasteiger partial charge in [0, 0.05) is 36.5 Å². The minimum absolute atomic E-state index is 0.0653. The van der Waals surface area contributed by atoms with Gasteiger partial charge in [-0.05, 0) is 55.1 Å². The first-order valence-electron chi connectivity index (χ1n) is 16.4. The number of anilines is 2. The highest BCUT2D eigenvalue weighted by molar-refractivity contribution is 6.08. The lowest BCUT2D eigenvalue weighted by atomic mass is 9.82. The molecule has 0 saturated carbocycles. The first kappa shape index (κ1) is 32.3. The molecule has 4 aromatic rings. The number of nitrogens with zero attached hydrogens (tertiary/aromatic N) is 4. The van der Waals surface area contributed by atoms with E-state index in [-0.39, 0.29) is 24.3 Å². The van der Waals surface area contributed by atoms with E-state index >= 15 is 0 Å². The summed E-state index contributed by atoms with van der Waals surface area (Å²) in [5, 5.41) is 37.1. The molecule has 4 N–H and O–H groups in total. The molecule has 47 heavy (non-hydrogen) atoms. The molecule has 10 heteroatoms. The standard InChI is InChI=1S/C37H42N6O4/c1-26(11-8-9-20-42-24-33(40-41-42)31(25-44)28-14-6-3-7-15-28)37(47)32-21-30(39-35(45)29-16-10-19-38-22-29)17-18-34(32)43(36(37)46)23-27-12-4-2-5-13-27/h2-8,11-15,17-18,21,24,26,29,31,38,44,47H,9-10,16,19-20,22-23,25H2,1H3,(H,39,45)/b11-8+/t26-,29?,31?,37+/m0/s1. The molecule has 2 amide bonds. The Morgan fingerprint density at radius 1 is 1.13 bits per heavy atom. The van der Waals surface area contributed by atoms with E-state index in [2.05, 4.69) is 20.9 Å². The molecule has 6 rings (SSSR count). The van der Waals surface area contributed by atoms with Gasteiger partial charge in [0.2, 0.25) is 5.91 Å². The second-order valence-corrected chi connectivity index (χ2v) is 12.5. The zero-order chi connectivity index (χ0) is 32.8. The molecule has 0 bridgehead atoms. The van der Waals surface area contributed by atoms with Gasteiger partial charge in [0.1, 0.15) is 0 Å². The first-order valence-corrected chi connectivity index (χ1v) is 16.4. The van der Waals surface area contributed by atoms with Crippen LogP contribution < -0.4 is 15.5 Å². The number of rotatable bonds is 12. The SMILES string of the molecule is C[C@@H](/C=C/CCn1cc(C(CO)c2ccccc2)nn1)[C@]1(O)C(=O)N(Cc2ccccc2)c2ccc(NC(=O)C3CCCNC3)cc21. The lowest BCUT2D eigenvalue weighted by Crippen LogP contribution is -2.44. The van der Waals surface area contributed by atoms with Crippen molar-refractivity contribution in [2.45, 2.75) is 50.8 Å². The highest BCUT2D eigenvalue weighted by Gasteiger charge is 2.52. The highest BCUT2D eigenvalue weighted by Crippen LogP contribution is 2.47. The van der Waals surface area contributed by atoms with Crippen molar-refractivity contribution >= 4 is 23.2 Å². The minimum atomic E-state index is -1.82. The van der Waals surface area contributed by atoms with Gasteiger partial charge in [-0.2, -0.15) is 0 Å². The minimum Gasteiger partial charge on any atom is -0.395 e. The Bertz CT molecular complexity index is 1700. The summed E-state index contributed by atoms with van der Waals surface area (Å²) in [4.78, 5) is 28.7. The number of nitrogens with one attached hydrogen (secondary N) is 2. The van der Waals surface area contributed by atoms with E-state index in [1.807, 2.05) is 92.0 Å². The van der Waals surface area contributed by atoms with Gasteiger partial charge >= 0.3 is 0 Å². The van der Waals surface area contributed by atoms with Crippen LogP contribution in [0.1, 0.15) is 54.5 Å². The summed E-state index contributed by atoms with van der Waals surface area (Å²) in [5.41, 5.74) is 2.46. The maximum atomic E-state index is 14.1. The number of carbonyl (C=O) groups excluding carboxylic acids is 2. The normalized spacial score (nSPS) is 20.7. The Morgan fingerprint density at radius 3 is 2.62 bits per heavy atom. The second-order valence-electron chi connectivity index (χ2n) is 12.5. The van der Waals surface area contributed by atoms with Crippen LogP contribution in [0.15, 0.2) is 97.2 Å². The summed E-state index contributed by atoms with van der Waals surface area (Å²) < 4.78 is 1.74. The van der Waals surface area contributed by atoms with Crippen LogP contribution in [0, 0.1) is 11.8 Å². The molecule has 0 spiro atoms. The number of aryl methyl sites for hydroxylation is 1. The van der Waals surface area contributed by atoms with Gasteiger partial charge < -0.3 is 25.7 Å². The molecule has 2 aliphatic rings. The molecule has 0 aliphatic carbocycles. The quantitative estimate of drug-likeness (QED) is 0.170. The van der Waals surface area contributed by atoms with E-state index in [0.717, 1.165) is 30.5 Å². The van der Waals surface area contributed by atoms with Crippen LogP contribution in [-0.2, 0) is 28.3 Å². The molecule has 3 heterocycles. The Kier molecular flexibility index (Phi) is 9.91. The topological polar surface area (TPSA) is 133 Å². The lowest BCUT2D eigenvalue weighted by molar-refractivity contribution is -0.139. The number of aromatic nitrogens is 3. The van der Waals surface area contributed by atoms with Gasteiger partial charge in [0.25, 0.3) is 5.91 Å². The lowest BCUT2D eigenvalue weighted by Gasteiger charge is -2.28. The van der Waals surface area contributed by atoms with Crippen molar-refractivity contribution in [1.29, 1.82) is 0 Å². The zero-order valence-corrected chi connectivity index (χ0v) is 26.6. The average Bonchev–Trinajstić information content (AvgIpc) is 3.65. The van der Waals surface area contributed by atoms with E-state index in [1.54, 1.807) is 21.7 Å². The molecule has 10 nitrogen and oxygen atoms in total. The molecule has 244 valence electrons. The van der Waals surface area contributed by atoms with Crippen molar-refractivity contribution < 1.29 is 19.8 Å². The summed E-state index contributed by atoms with van der Waals surface area (Å²) in [6, 6.07) is 24.8. The van der Waals surface area contributed by atoms with E-state index in [9.17, 15) is 19.8 Å². The summed E-state index contributed by atoms with van der Waals surface area (Å²) in [7, 11) is 0. The molecule has 1 fully saturated rings. The second kappa shape index (κ2) is 14.4. The third-order valence-electron chi connectivity index (χ3n) is 9.29. The van der Waals surface area contributed by atoms with Gasteiger partial charge in [0.15, 0.2) is 5.60 Å². The number of piperidine rings is 1. The van der Waals surface area contributed by atoms with Crippen molar-refractivity contribution in [2.24, 2.45) is 11.8 Å². The van der Waals surface area contributed by atoms with Crippen LogP contribution in [0.25, 0.3) is 0 Å². The first-order chi connectivity index (χ1) is 22.9. The number of fused-ring (bicyclic) bond motifs is 1. The van der Waals surface area contributed by atoms with Crippen LogP contribution in [0.5, 0.6) is 0 Å². The molecular formula is C37H42N6O4. The fourth-order valence-electron chi connectivity index (χ4n) is 6.55. The molecular weight excluding hydrogens is 592 g/mol. The maximum Gasteiger partial charge on any atom is 0.264 e. The van der Waals surface area contributed by atoms with Crippen molar-refractivity contribution in [3.8, 4) is 0 Å². The van der Waals surface area contributed by atoms with E-state index in [0.29, 0.717) is 48.7 Å². The van der Waals surface area contributed by atoms with Crippen LogP contribution in [0.4, 0.5) is 11.4 Å². The zero-order valence-electron chi connectivity index (χ0n) is 26.6. The number of aliphatic hydroxyl groups is 2. The monoisotopic (exact) mass is 634 g/mol. The molecule has 2 unspecified atom stereocenters. The third kappa shape index (κ3) is 6.90. The predicted molar refractivity (Wildman–Crippen MR) is 181 cm³/mol. The largest absolute Gasteiger partial charge is 0.395 e. The number of carbonyl (C=O) groups is 2. The Balaban J connectivity index is 1.19. The molecule has 4 atom stereocenters. The summed E-state index contributed by atoms with van der Waals surface area (Å²) in [5.74, 6) is -1.40. The van der Waals surface area contributed by atoms with Crippen LogP contribution in [0.3, 0.4) is 0 Å². The predicted octanol–water partition coefficient (Wildman–Crippen LogP) is 4.36. The van der Waals surface area contributed by atoms with Crippen molar-refractivity contribution in [3.05, 3.63) is 120 Å². The smallest absolute Gasteiger partial charge is 0.264 e. The Labute approximate surface area is 275 Å². The van der Waals surface area contributed by atoms with E-state index in [1.165, 1.54) is 0 Å². The van der Waals surface area contributed by atoms with Gasteiger partial charge in [0.05, 0.1) is 36.4 Å². The van der Waals surface area contributed by atoms with E-state index < -0.39 is 17.4 Å². The molecule has 0 radical (unpaired) electrons. The summed E-state index contributed by atoms with van der Waals surface area (Å²) in [6.45, 7) is 4.17. The van der Waals surface area contributed by atoms with E-state index in [4.69, 9.17) is 0 Å². The van der Waals surface area contributed by atoms with Crippen LogP contribution in [-0.4, -0.2) is 56.7 Å². The van der Waals surface area contributed by atoms with Crippen molar-refractivity contribution in [1.82, 2.24) is 20.3 Å². The molecule has 1 saturated heterocycles. The fraction of sp³-hybridized carbons (Fsp3) is 0.351. The molecule has 1 aromatic heterocycles. The van der Waals surface area contributed by atoms with Crippen molar-refractivity contribution in [2.75, 3.05) is 29.9 Å². The van der Waals surface area contributed by atoms with Gasteiger partial charge in [-0.1, -0.05) is 85.0 Å². The number of allylic oxidation sites excluding steroid dienone is 1. The van der Waals surface area contributed by atoms with Gasteiger partial charge in [-0.15, -0.1) is 5.10 Å². The van der Waals surface area contributed by atoms with Crippen LogP contribution >= 0.6 is 0 Å². The average molecular weight is 635 g/mol. The maximum absolute atomic E-state index is 14.1.